The van der Waals surface area contributed by atoms with Gasteiger partial charge in [-0.15, -0.1) is 0 Å². The van der Waals surface area contributed by atoms with E-state index in [-0.39, 0.29) is 48.4 Å². The van der Waals surface area contributed by atoms with Gasteiger partial charge in [0.1, 0.15) is 11.7 Å². The normalized spacial score (nSPS) is 17.5. The molecule has 15 heavy (non-hydrogen) atoms. The Balaban J connectivity index is -0.000000180. The van der Waals surface area contributed by atoms with Gasteiger partial charge in [-0.1, -0.05) is 31.9 Å². The fraction of sp³-hybridized carbons (Fsp3) is 1.00. The molecule has 0 aromatic heterocycles. The molecule has 0 saturated carbocycles. The van der Waals surface area contributed by atoms with Crippen LogP contribution in [0.25, 0.3) is 0 Å². The molecule has 0 rings (SSSR count). The number of halogens is 2. The van der Waals surface area contributed by atoms with Crippen LogP contribution in [0.3, 0.4) is 0 Å². The summed E-state index contributed by atoms with van der Waals surface area (Å²) in [4.78, 5) is 19.4. The van der Waals surface area contributed by atoms with Crippen molar-refractivity contribution in [2.45, 2.75) is 11.7 Å². The number of aliphatic hydroxyl groups excluding tert-OH is 2. The second-order valence-corrected chi connectivity index (χ2v) is 5.88. The van der Waals surface area contributed by atoms with E-state index in [1.807, 2.05) is 0 Å². The maximum absolute atomic E-state index is 9.72. The summed E-state index contributed by atoms with van der Waals surface area (Å²) < 4.78 is 19.4. The summed E-state index contributed by atoms with van der Waals surface area (Å²) >= 11 is 5.58. The molecule has 0 fully saturated rings. The first-order valence-electron chi connectivity index (χ1n) is 3.26. The zero-order valence-corrected chi connectivity index (χ0v) is 14.9. The van der Waals surface area contributed by atoms with Crippen molar-refractivity contribution in [2.75, 3.05) is 10.7 Å². The van der Waals surface area contributed by atoms with E-state index in [9.17, 15) is 18.9 Å². The van der Waals surface area contributed by atoms with Gasteiger partial charge in [-0.2, -0.15) is 0 Å². The fourth-order valence-corrected chi connectivity index (χ4v) is 1.96. The van der Waals surface area contributed by atoms with Gasteiger partial charge >= 0.3 is 37.7 Å². The molecule has 0 bridgehead atoms. The summed E-state index contributed by atoms with van der Waals surface area (Å²) in [5.74, 6) is -2.38. The van der Waals surface area contributed by atoms with Crippen molar-refractivity contribution in [2.24, 2.45) is 0 Å². The third kappa shape index (κ3) is 16.5. The molecule has 0 spiro atoms. The van der Waals surface area contributed by atoms with Crippen LogP contribution in [0.5, 0.6) is 0 Å². The molecule has 6 nitrogen and oxygen atoms in total. The molecule has 0 radical (unpaired) electrons. The second kappa shape index (κ2) is 14.6. The smallest absolute Gasteiger partial charge is 0.800 e. The molecule has 0 aliphatic rings. The van der Waals surface area contributed by atoms with Crippen molar-refractivity contribution in [3.63, 3.8) is 0 Å². The Bertz CT molecular complexity index is 176. The van der Waals surface area contributed by atoms with Crippen LogP contribution in [0.1, 0.15) is 0 Å². The summed E-state index contributed by atoms with van der Waals surface area (Å²) in [6, 6.07) is 0. The molecule has 0 heterocycles. The van der Waals surface area contributed by atoms with E-state index in [0.29, 0.717) is 0 Å². The van der Waals surface area contributed by atoms with Gasteiger partial charge in [-0.25, -0.2) is 0 Å². The molecule has 0 aliphatic carbocycles. The first-order chi connectivity index (χ1) is 6.36. The summed E-state index contributed by atoms with van der Waals surface area (Å²) in [5.41, 5.74) is 0. The average molecular weight is 416 g/mol. The van der Waals surface area contributed by atoms with E-state index >= 15 is 0 Å². The van der Waals surface area contributed by atoms with Crippen LogP contribution in [-0.2, 0) is 9.13 Å². The summed E-state index contributed by atoms with van der Waals surface area (Å²) in [5, 5.41) is 16.8. The van der Waals surface area contributed by atoms with Crippen molar-refractivity contribution in [3.05, 3.63) is 0 Å². The van der Waals surface area contributed by atoms with Gasteiger partial charge in [0.15, 0.2) is 0 Å². The van der Waals surface area contributed by atoms with Gasteiger partial charge in [0.05, 0.1) is 0 Å². The van der Waals surface area contributed by atoms with Gasteiger partial charge in [0.2, 0.25) is 0 Å². The zero-order valence-electron chi connectivity index (χ0n) is 7.56. The van der Waals surface area contributed by atoms with Gasteiger partial charge < -0.3 is 29.1 Å². The number of aliphatic hydroxyl groups is 2. The molecule has 4 atom stereocenters. The van der Waals surface area contributed by atoms with Crippen molar-refractivity contribution in [3.8, 4) is 0 Å². The molecule has 0 aromatic rings. The van der Waals surface area contributed by atoms with E-state index in [1.54, 1.807) is 0 Å². The van der Waals surface area contributed by atoms with Crippen molar-refractivity contribution >= 4 is 85.7 Å². The van der Waals surface area contributed by atoms with Crippen LogP contribution >= 0.6 is 47.9 Å². The Labute approximate surface area is 135 Å². The van der Waals surface area contributed by atoms with Crippen molar-refractivity contribution < 1.29 is 29.1 Å². The number of hydrogen-bond acceptors (Lipinski definition) is 6. The first kappa shape index (κ1) is 22.7. The maximum Gasteiger partial charge on any atom is 2.00 e. The van der Waals surface area contributed by atoms with Gasteiger partial charge in [0.25, 0.3) is 0 Å². The van der Waals surface area contributed by atoms with Gasteiger partial charge in [-0.05, 0) is 0 Å². The zero-order chi connectivity index (χ0) is 11.7. The molecular formula is C4H10Br2CaO6P2. The minimum Gasteiger partial charge on any atom is -0.800 e. The van der Waals surface area contributed by atoms with Gasteiger partial charge in [0, 0.05) is 26.7 Å². The van der Waals surface area contributed by atoms with E-state index in [0.717, 1.165) is 0 Å². The van der Waals surface area contributed by atoms with Crippen LogP contribution in [0.2, 0.25) is 0 Å². The van der Waals surface area contributed by atoms with E-state index < -0.39 is 27.7 Å². The summed E-state index contributed by atoms with van der Waals surface area (Å²) in [6.07, 6.45) is 0. The summed E-state index contributed by atoms with van der Waals surface area (Å²) in [6.45, 7) is 0. The average Bonchev–Trinajstić information content (AvgIpc) is 2.15. The molecule has 2 unspecified atom stereocenters. The molecule has 0 amide bonds. The van der Waals surface area contributed by atoms with Crippen LogP contribution in [-0.4, -0.2) is 70.3 Å². The number of alkyl halides is 2. The molecule has 0 aliphatic heterocycles. The predicted molar refractivity (Wildman–Crippen MR) is 63.4 cm³/mol. The largest absolute Gasteiger partial charge is 2.00 e. The van der Waals surface area contributed by atoms with Gasteiger partial charge in [-0.3, -0.25) is 0 Å². The first-order valence-corrected chi connectivity index (χ1v) is 8.29. The minimum absolute atomic E-state index is 0. The quantitative estimate of drug-likeness (QED) is 0.334. The molecular weight excluding hydrogens is 406 g/mol. The molecule has 2 N–H and O–H groups in total. The number of hydrogen-bond donors (Lipinski definition) is 2. The van der Waals surface area contributed by atoms with E-state index in [4.69, 9.17) is 10.2 Å². The predicted octanol–water partition coefficient (Wildman–Crippen LogP) is -1.31. The number of rotatable bonds is 4. The van der Waals surface area contributed by atoms with Crippen molar-refractivity contribution in [1.29, 1.82) is 0 Å². The Morgan fingerprint density at radius 1 is 1.00 bits per heavy atom. The maximum atomic E-state index is 9.72. The minimum atomic E-state index is -2.95. The standard InChI is InChI=1S/2C2H6BrO3P.Ca/c2*3-1-2(4)7(5)6;/h2*2,4,7H,1H2,(H,5,6);/q;;+2/p-2/t2*2-;/m00./s1. The van der Waals surface area contributed by atoms with Crippen LogP contribution in [0.15, 0.2) is 0 Å². The molecule has 88 valence electrons. The fourth-order valence-electron chi connectivity index (χ4n) is 0.126. The van der Waals surface area contributed by atoms with E-state index in [1.165, 1.54) is 0 Å². The Kier molecular flexibility index (Phi) is 22.0. The topological polar surface area (TPSA) is 121 Å². The Morgan fingerprint density at radius 3 is 1.20 bits per heavy atom. The van der Waals surface area contributed by atoms with Crippen LogP contribution < -0.4 is 9.79 Å². The monoisotopic (exact) mass is 414 g/mol. The Morgan fingerprint density at radius 2 is 1.20 bits per heavy atom. The van der Waals surface area contributed by atoms with Crippen molar-refractivity contribution in [1.82, 2.24) is 0 Å². The SMILES string of the molecule is O=[PH]([O-])[C@H](O)CBr.O=[PH]([O-])[C@H](O)CBr.[Ca+2]. The molecule has 0 saturated heterocycles. The van der Waals surface area contributed by atoms with Crippen LogP contribution in [0, 0.1) is 0 Å². The Hall–Kier alpha value is 2.52. The molecule has 0 aromatic carbocycles. The molecule has 11 heteroatoms. The summed E-state index contributed by atoms with van der Waals surface area (Å²) in [7, 11) is -5.91. The third-order valence-corrected chi connectivity index (χ3v) is 4.75. The second-order valence-electron chi connectivity index (χ2n) is 1.98. The third-order valence-electron chi connectivity index (χ3n) is 0.836. The van der Waals surface area contributed by atoms with Crippen LogP contribution in [0.4, 0.5) is 0 Å². The van der Waals surface area contributed by atoms with E-state index in [2.05, 4.69) is 31.9 Å².